The molecule has 1 amide bonds. The third kappa shape index (κ3) is 7.17. The van der Waals surface area contributed by atoms with Crippen LogP contribution < -0.4 is 15.4 Å². The second-order valence-electron chi connectivity index (χ2n) is 6.26. The lowest BCUT2D eigenvalue weighted by Crippen LogP contribution is -2.46. The van der Waals surface area contributed by atoms with Gasteiger partial charge in [-0.25, -0.2) is 0 Å². The van der Waals surface area contributed by atoms with Crippen molar-refractivity contribution >= 4 is 41.5 Å². The van der Waals surface area contributed by atoms with Gasteiger partial charge < -0.3 is 25.0 Å². The molecule has 0 radical (unpaired) electrons. The predicted octanol–water partition coefficient (Wildman–Crippen LogP) is 2.85. The third-order valence-electron chi connectivity index (χ3n) is 4.38. The molecule has 0 saturated carbocycles. The number of amides is 1. The van der Waals surface area contributed by atoms with Crippen LogP contribution in [0.5, 0.6) is 5.75 Å². The van der Waals surface area contributed by atoms with Crippen LogP contribution in [0.2, 0.25) is 0 Å². The van der Waals surface area contributed by atoms with Gasteiger partial charge >= 0.3 is 0 Å². The number of piperidine rings is 1. The molecule has 0 spiro atoms. The van der Waals surface area contributed by atoms with E-state index in [0.717, 1.165) is 44.1 Å². The summed E-state index contributed by atoms with van der Waals surface area (Å²) in [4.78, 5) is 18.0. The number of aliphatic imine (C=N–C) groups is 1. The first-order valence-electron chi connectivity index (χ1n) is 9.09. The first kappa shape index (κ1) is 23.5. The second-order valence-corrected chi connectivity index (χ2v) is 6.26. The van der Waals surface area contributed by atoms with Gasteiger partial charge in [0.05, 0.1) is 18.9 Å². The van der Waals surface area contributed by atoms with Crippen molar-refractivity contribution in [2.24, 2.45) is 4.99 Å². The van der Waals surface area contributed by atoms with Crippen LogP contribution in [0.25, 0.3) is 0 Å². The average molecular weight is 490 g/mol. The lowest BCUT2D eigenvalue weighted by Gasteiger charge is -2.34. The number of carbonyl (C=O) groups is 1. The number of halogens is 1. The zero-order valence-corrected chi connectivity index (χ0v) is 18.9. The maximum atomic E-state index is 11.4. The molecule has 0 bridgehead atoms. The van der Waals surface area contributed by atoms with Crippen LogP contribution >= 0.6 is 24.0 Å². The van der Waals surface area contributed by atoms with Gasteiger partial charge in [-0.1, -0.05) is 6.07 Å². The first-order valence-corrected chi connectivity index (χ1v) is 9.09. The number of ether oxygens (including phenoxy) is 2. The molecule has 2 rings (SSSR count). The van der Waals surface area contributed by atoms with E-state index in [1.807, 2.05) is 25.1 Å². The summed E-state index contributed by atoms with van der Waals surface area (Å²) in [5.74, 6) is 1.41. The Kier molecular flexibility index (Phi) is 10.5. The Bertz CT molecular complexity index is 631. The smallest absolute Gasteiger partial charge is 0.221 e. The number of benzene rings is 1. The van der Waals surface area contributed by atoms with E-state index in [2.05, 4.69) is 20.5 Å². The largest absolute Gasteiger partial charge is 0.495 e. The van der Waals surface area contributed by atoms with Crippen molar-refractivity contribution in [2.45, 2.75) is 39.3 Å². The van der Waals surface area contributed by atoms with Gasteiger partial charge in [0, 0.05) is 40.2 Å². The highest BCUT2D eigenvalue weighted by atomic mass is 127. The van der Waals surface area contributed by atoms with Crippen molar-refractivity contribution < 1.29 is 14.3 Å². The minimum absolute atomic E-state index is 0. The van der Waals surface area contributed by atoms with Crippen molar-refractivity contribution in [1.29, 1.82) is 0 Å². The van der Waals surface area contributed by atoms with Gasteiger partial charge in [-0.05, 0) is 37.5 Å². The Morgan fingerprint density at radius 3 is 2.59 bits per heavy atom. The SMILES string of the molecule is CCOC1CCN(C(=NC)NCc2ccc(OC)c(NC(C)=O)c2)CC1.I. The summed E-state index contributed by atoms with van der Waals surface area (Å²) >= 11 is 0. The van der Waals surface area contributed by atoms with Gasteiger partial charge in [0.15, 0.2) is 5.96 Å². The van der Waals surface area contributed by atoms with E-state index in [1.165, 1.54) is 6.92 Å². The van der Waals surface area contributed by atoms with Crippen LogP contribution in [0.3, 0.4) is 0 Å². The molecule has 1 heterocycles. The topological polar surface area (TPSA) is 75.2 Å². The van der Waals surface area contributed by atoms with Gasteiger partial charge in [0.1, 0.15) is 5.75 Å². The monoisotopic (exact) mass is 490 g/mol. The highest BCUT2D eigenvalue weighted by molar-refractivity contribution is 14.0. The summed E-state index contributed by atoms with van der Waals surface area (Å²) in [7, 11) is 3.39. The molecule has 1 aliphatic rings. The number of methoxy groups -OCH3 is 1. The van der Waals surface area contributed by atoms with E-state index in [0.29, 0.717) is 24.1 Å². The second kappa shape index (κ2) is 12.0. The number of hydrogen-bond acceptors (Lipinski definition) is 4. The number of anilines is 1. The normalized spacial score (nSPS) is 15.1. The third-order valence-corrected chi connectivity index (χ3v) is 4.38. The molecule has 2 N–H and O–H groups in total. The molecule has 0 aromatic heterocycles. The summed E-state index contributed by atoms with van der Waals surface area (Å²) in [5, 5.41) is 6.20. The summed E-state index contributed by atoms with van der Waals surface area (Å²) in [6.07, 6.45) is 2.39. The summed E-state index contributed by atoms with van der Waals surface area (Å²) < 4.78 is 11.0. The van der Waals surface area contributed by atoms with E-state index >= 15 is 0 Å². The first-order chi connectivity index (χ1) is 12.6. The number of nitrogens with zero attached hydrogens (tertiary/aromatic N) is 2. The minimum Gasteiger partial charge on any atom is -0.495 e. The minimum atomic E-state index is -0.124. The number of hydrogen-bond donors (Lipinski definition) is 2. The standard InChI is InChI=1S/C19H30N4O3.HI/c1-5-26-16-8-10-23(11-9-16)19(20-3)21-13-15-6-7-18(25-4)17(12-15)22-14(2)24;/h6-7,12,16H,5,8-11,13H2,1-4H3,(H,20,21)(H,22,24);1H. The molecular formula is C19H31IN4O3. The quantitative estimate of drug-likeness (QED) is 0.365. The molecule has 0 atom stereocenters. The van der Waals surface area contributed by atoms with Crippen molar-refractivity contribution in [2.75, 3.05) is 39.2 Å². The van der Waals surface area contributed by atoms with Crippen molar-refractivity contribution in [3.63, 3.8) is 0 Å². The number of likely N-dealkylation sites (tertiary alicyclic amines) is 1. The maximum absolute atomic E-state index is 11.4. The van der Waals surface area contributed by atoms with Crippen LogP contribution in [-0.2, 0) is 16.1 Å². The van der Waals surface area contributed by atoms with E-state index in [9.17, 15) is 4.79 Å². The zero-order chi connectivity index (χ0) is 18.9. The van der Waals surface area contributed by atoms with Gasteiger partial charge in [0.2, 0.25) is 5.91 Å². The van der Waals surface area contributed by atoms with Gasteiger partial charge in [-0.3, -0.25) is 9.79 Å². The van der Waals surface area contributed by atoms with E-state index in [-0.39, 0.29) is 29.9 Å². The Balaban J connectivity index is 0.00000364. The molecule has 8 heteroatoms. The fraction of sp³-hybridized carbons (Fsp3) is 0.579. The molecule has 27 heavy (non-hydrogen) atoms. The number of nitrogens with one attached hydrogen (secondary N) is 2. The van der Waals surface area contributed by atoms with Crippen LogP contribution in [0.1, 0.15) is 32.3 Å². The molecular weight excluding hydrogens is 459 g/mol. The molecule has 7 nitrogen and oxygen atoms in total. The Morgan fingerprint density at radius 1 is 1.33 bits per heavy atom. The van der Waals surface area contributed by atoms with Crippen molar-refractivity contribution in [1.82, 2.24) is 10.2 Å². The molecule has 1 saturated heterocycles. The molecule has 1 fully saturated rings. The fourth-order valence-corrected chi connectivity index (χ4v) is 3.14. The van der Waals surface area contributed by atoms with Gasteiger partial charge in [-0.15, -0.1) is 24.0 Å². The van der Waals surface area contributed by atoms with Gasteiger partial charge in [-0.2, -0.15) is 0 Å². The van der Waals surface area contributed by atoms with Crippen LogP contribution in [0.15, 0.2) is 23.2 Å². The van der Waals surface area contributed by atoms with Crippen molar-refractivity contribution in [3.8, 4) is 5.75 Å². The Morgan fingerprint density at radius 2 is 2.04 bits per heavy atom. The van der Waals surface area contributed by atoms with Crippen molar-refractivity contribution in [3.05, 3.63) is 23.8 Å². The number of rotatable bonds is 6. The lowest BCUT2D eigenvalue weighted by atomic mass is 10.1. The van der Waals surface area contributed by atoms with Crippen LogP contribution in [0, 0.1) is 0 Å². The average Bonchev–Trinajstić information content (AvgIpc) is 2.63. The summed E-state index contributed by atoms with van der Waals surface area (Å²) in [5.41, 5.74) is 1.71. The molecule has 1 aliphatic heterocycles. The highest BCUT2D eigenvalue weighted by Crippen LogP contribution is 2.25. The predicted molar refractivity (Wildman–Crippen MR) is 119 cm³/mol. The molecule has 1 aromatic carbocycles. The van der Waals surface area contributed by atoms with Crippen LogP contribution in [0.4, 0.5) is 5.69 Å². The summed E-state index contributed by atoms with van der Waals surface area (Å²) in [6, 6.07) is 5.76. The number of guanidine groups is 1. The summed E-state index contributed by atoms with van der Waals surface area (Å²) in [6.45, 7) is 6.78. The molecule has 0 unspecified atom stereocenters. The fourth-order valence-electron chi connectivity index (χ4n) is 3.14. The number of carbonyl (C=O) groups excluding carboxylic acids is 1. The highest BCUT2D eigenvalue weighted by Gasteiger charge is 2.21. The van der Waals surface area contributed by atoms with E-state index < -0.39 is 0 Å². The Hall–Kier alpha value is -1.55. The molecule has 152 valence electrons. The van der Waals surface area contributed by atoms with Crippen LogP contribution in [-0.4, -0.2) is 56.7 Å². The van der Waals surface area contributed by atoms with Gasteiger partial charge in [0.25, 0.3) is 0 Å². The lowest BCUT2D eigenvalue weighted by molar-refractivity contribution is -0.114. The Labute approximate surface area is 178 Å². The van der Waals surface area contributed by atoms with E-state index in [4.69, 9.17) is 9.47 Å². The maximum Gasteiger partial charge on any atom is 0.221 e. The van der Waals surface area contributed by atoms with E-state index in [1.54, 1.807) is 14.2 Å². The molecule has 0 aliphatic carbocycles. The zero-order valence-electron chi connectivity index (χ0n) is 16.6. The molecule has 1 aromatic rings.